The van der Waals surface area contributed by atoms with E-state index in [2.05, 4.69) is 4.18 Å². The molecule has 3 rings (SSSR count). The molecule has 1 amide bonds. The fourth-order valence-corrected chi connectivity index (χ4v) is 5.22. The number of piperidine rings is 1. The quantitative estimate of drug-likeness (QED) is 0.467. The Labute approximate surface area is 180 Å². The topological polar surface area (TPSA) is 72.9 Å². The molecule has 1 aliphatic carbocycles. The number of hydrogen-bond donors (Lipinski definition) is 0. The molecule has 2 atom stereocenters. The van der Waals surface area contributed by atoms with E-state index in [0.717, 1.165) is 0 Å². The van der Waals surface area contributed by atoms with Crippen LogP contribution in [0.5, 0.6) is 5.75 Å². The van der Waals surface area contributed by atoms with E-state index >= 15 is 0 Å². The normalized spacial score (nSPS) is 25.6. The van der Waals surface area contributed by atoms with E-state index < -0.39 is 38.2 Å². The van der Waals surface area contributed by atoms with E-state index in [1.807, 2.05) is 20.8 Å². The minimum absolute atomic E-state index is 0.275. The van der Waals surface area contributed by atoms with Crippen molar-refractivity contribution >= 4 is 16.2 Å². The third-order valence-corrected chi connectivity index (χ3v) is 7.64. The first-order valence-corrected chi connectivity index (χ1v) is 11.4. The van der Waals surface area contributed by atoms with Crippen LogP contribution in [0.2, 0.25) is 0 Å². The molecule has 0 N–H and O–H groups in total. The van der Waals surface area contributed by atoms with Gasteiger partial charge < -0.3 is 13.8 Å². The smallest absolute Gasteiger partial charge is 0.444 e. The highest BCUT2D eigenvalue weighted by Gasteiger charge is 2.59. The van der Waals surface area contributed by atoms with Crippen LogP contribution in [0, 0.1) is 5.41 Å². The molecule has 1 aromatic rings. The molecule has 31 heavy (non-hydrogen) atoms. The molecule has 10 heteroatoms. The van der Waals surface area contributed by atoms with Crippen molar-refractivity contribution in [3.05, 3.63) is 29.3 Å². The summed E-state index contributed by atoms with van der Waals surface area (Å²) in [5.41, 5.74) is -6.38. The Morgan fingerprint density at radius 3 is 2.32 bits per heavy atom. The first-order valence-electron chi connectivity index (χ1n) is 10.0. The van der Waals surface area contributed by atoms with Gasteiger partial charge in [0.1, 0.15) is 11.4 Å². The Kier molecular flexibility index (Phi) is 5.36. The fourth-order valence-electron chi connectivity index (χ4n) is 4.75. The SMILES string of the molecule is CC(C)(C)OC(=O)N1CCC2(C)c3c(cccc3OS(=O)(=O)C(F)(F)F)CC1C2(C)C. The monoisotopic (exact) mass is 463 g/mol. The zero-order chi connectivity index (χ0) is 23.6. The summed E-state index contributed by atoms with van der Waals surface area (Å²) in [6.07, 6.45) is 0.318. The molecule has 0 saturated carbocycles. The van der Waals surface area contributed by atoms with Gasteiger partial charge in [-0.3, -0.25) is 0 Å². The average Bonchev–Trinajstić information content (AvgIpc) is 2.54. The molecule has 174 valence electrons. The molecule has 2 bridgehead atoms. The van der Waals surface area contributed by atoms with Crippen LogP contribution >= 0.6 is 0 Å². The Bertz CT molecular complexity index is 997. The van der Waals surface area contributed by atoms with Crippen LogP contribution in [0.4, 0.5) is 18.0 Å². The van der Waals surface area contributed by atoms with E-state index in [-0.39, 0.29) is 11.8 Å². The number of carbonyl (C=O) groups excluding carboxylic acids is 1. The standard InChI is InChI=1S/C21H28F3NO5S/c1-18(2,3)29-17(26)25-11-10-20(6)16-13(12-15(25)19(20,4)5)8-7-9-14(16)30-31(27,28)21(22,23)24/h7-9,15H,10-12H2,1-6H3. The first kappa shape index (κ1) is 23.7. The summed E-state index contributed by atoms with van der Waals surface area (Å²) in [5, 5.41) is 0. The molecule has 1 saturated heterocycles. The van der Waals surface area contributed by atoms with E-state index in [0.29, 0.717) is 30.5 Å². The average molecular weight is 464 g/mol. The second-order valence-electron chi connectivity index (χ2n) is 9.97. The van der Waals surface area contributed by atoms with Crippen LogP contribution in [-0.4, -0.2) is 43.1 Å². The molecule has 1 heterocycles. The van der Waals surface area contributed by atoms with E-state index in [9.17, 15) is 26.4 Å². The maximum atomic E-state index is 13.0. The minimum Gasteiger partial charge on any atom is -0.444 e. The van der Waals surface area contributed by atoms with Gasteiger partial charge in [0.15, 0.2) is 0 Å². The van der Waals surface area contributed by atoms with Crippen molar-refractivity contribution in [1.82, 2.24) is 4.90 Å². The number of ether oxygens (including phenoxy) is 1. The molecule has 1 fully saturated rings. The third-order valence-electron chi connectivity index (χ3n) is 6.67. The molecular formula is C21H28F3NO5S. The number of halogens is 3. The van der Waals surface area contributed by atoms with Gasteiger partial charge in [0.25, 0.3) is 0 Å². The van der Waals surface area contributed by atoms with Crippen molar-refractivity contribution in [3.8, 4) is 5.75 Å². The van der Waals surface area contributed by atoms with Crippen LogP contribution < -0.4 is 4.18 Å². The second-order valence-corrected chi connectivity index (χ2v) is 11.5. The van der Waals surface area contributed by atoms with Crippen molar-refractivity contribution in [2.75, 3.05) is 6.54 Å². The van der Waals surface area contributed by atoms with Gasteiger partial charge in [-0.25, -0.2) is 4.79 Å². The maximum Gasteiger partial charge on any atom is 0.534 e. The van der Waals surface area contributed by atoms with Crippen molar-refractivity contribution < 1.29 is 35.3 Å². The summed E-state index contributed by atoms with van der Waals surface area (Å²) in [7, 11) is -5.80. The molecule has 0 radical (unpaired) electrons. The van der Waals surface area contributed by atoms with Crippen LogP contribution in [0.15, 0.2) is 18.2 Å². The summed E-state index contributed by atoms with van der Waals surface area (Å²) in [6, 6.07) is 4.18. The van der Waals surface area contributed by atoms with Crippen LogP contribution in [-0.2, 0) is 26.7 Å². The highest BCUT2D eigenvalue weighted by molar-refractivity contribution is 7.88. The fraction of sp³-hybridized carbons (Fsp3) is 0.667. The Hall–Kier alpha value is -1.97. The van der Waals surface area contributed by atoms with Gasteiger partial charge >= 0.3 is 21.7 Å². The van der Waals surface area contributed by atoms with E-state index in [4.69, 9.17) is 4.74 Å². The number of likely N-dealkylation sites (tertiary alicyclic amines) is 1. The number of alkyl halides is 3. The molecule has 0 spiro atoms. The minimum atomic E-state index is -5.80. The molecule has 1 aromatic carbocycles. The molecule has 2 unspecified atom stereocenters. The molecule has 1 aliphatic heterocycles. The predicted octanol–water partition coefficient (Wildman–Crippen LogP) is 4.76. The lowest BCUT2D eigenvalue weighted by Crippen LogP contribution is -2.65. The number of amides is 1. The van der Waals surface area contributed by atoms with Gasteiger partial charge in [0.05, 0.1) is 0 Å². The lowest BCUT2D eigenvalue weighted by atomic mass is 9.51. The molecular weight excluding hydrogens is 435 g/mol. The van der Waals surface area contributed by atoms with E-state index in [1.54, 1.807) is 31.7 Å². The summed E-state index contributed by atoms with van der Waals surface area (Å²) in [6.45, 7) is 11.4. The highest BCUT2D eigenvalue weighted by Crippen LogP contribution is 2.58. The summed E-state index contributed by atoms with van der Waals surface area (Å²) >= 11 is 0. The summed E-state index contributed by atoms with van der Waals surface area (Å²) in [5.74, 6) is -0.311. The molecule has 0 aromatic heterocycles. The van der Waals surface area contributed by atoms with Gasteiger partial charge in [0.2, 0.25) is 0 Å². The number of nitrogens with zero attached hydrogens (tertiary/aromatic N) is 1. The third kappa shape index (κ3) is 3.87. The number of carbonyl (C=O) groups is 1. The van der Waals surface area contributed by atoms with Gasteiger partial charge in [-0.2, -0.15) is 21.6 Å². The lowest BCUT2D eigenvalue weighted by molar-refractivity contribution is -0.0546. The van der Waals surface area contributed by atoms with Crippen molar-refractivity contribution in [2.45, 2.75) is 77.0 Å². The Morgan fingerprint density at radius 2 is 1.77 bits per heavy atom. The van der Waals surface area contributed by atoms with Gasteiger partial charge in [-0.1, -0.05) is 32.9 Å². The zero-order valence-corrected chi connectivity index (χ0v) is 19.3. The zero-order valence-electron chi connectivity index (χ0n) is 18.5. The van der Waals surface area contributed by atoms with Gasteiger partial charge in [-0.15, -0.1) is 0 Å². The van der Waals surface area contributed by atoms with Crippen molar-refractivity contribution in [3.63, 3.8) is 0 Å². The maximum absolute atomic E-state index is 13.0. The number of benzene rings is 1. The Morgan fingerprint density at radius 1 is 1.16 bits per heavy atom. The molecule has 6 nitrogen and oxygen atoms in total. The summed E-state index contributed by atoms with van der Waals surface area (Å²) in [4.78, 5) is 14.5. The number of rotatable bonds is 2. The van der Waals surface area contributed by atoms with Crippen LogP contribution in [0.3, 0.4) is 0 Å². The van der Waals surface area contributed by atoms with Gasteiger partial charge in [-0.05, 0) is 50.7 Å². The lowest BCUT2D eigenvalue weighted by Gasteiger charge is -2.60. The highest BCUT2D eigenvalue weighted by atomic mass is 32.2. The van der Waals surface area contributed by atoms with Crippen molar-refractivity contribution in [1.29, 1.82) is 0 Å². The van der Waals surface area contributed by atoms with Crippen LogP contribution in [0.1, 0.15) is 59.1 Å². The number of hydrogen-bond acceptors (Lipinski definition) is 5. The van der Waals surface area contributed by atoms with Gasteiger partial charge in [0, 0.05) is 23.6 Å². The second kappa shape index (κ2) is 7.02. The van der Waals surface area contributed by atoms with E-state index in [1.165, 1.54) is 12.1 Å². The Balaban J connectivity index is 2.07. The van der Waals surface area contributed by atoms with Crippen LogP contribution in [0.25, 0.3) is 0 Å². The predicted molar refractivity (Wildman–Crippen MR) is 108 cm³/mol. The van der Waals surface area contributed by atoms with Crippen molar-refractivity contribution in [2.24, 2.45) is 5.41 Å². The summed E-state index contributed by atoms with van der Waals surface area (Å²) < 4.78 is 72.4. The largest absolute Gasteiger partial charge is 0.534 e. The molecule has 2 aliphatic rings. The first-order chi connectivity index (χ1) is 13.9. The number of fused-ring (bicyclic) bond motifs is 4.